The molecule has 1 aliphatic rings. The smallest absolute Gasteiger partial charge is 0.319 e. The van der Waals surface area contributed by atoms with E-state index in [1.54, 1.807) is 6.20 Å². The Labute approximate surface area is 135 Å². The molecule has 2 amide bonds. The number of imidazole rings is 1. The highest BCUT2D eigenvalue weighted by Gasteiger charge is 2.17. The monoisotopic (exact) mass is 314 g/mol. The Morgan fingerprint density at radius 3 is 2.78 bits per heavy atom. The van der Waals surface area contributed by atoms with Crippen LogP contribution >= 0.6 is 0 Å². The maximum atomic E-state index is 11.9. The number of carbonyl (C=O) groups is 1. The number of aryl methyl sites for hydroxylation is 1. The molecule has 2 aromatic rings. The molecule has 0 radical (unpaired) electrons. The van der Waals surface area contributed by atoms with Crippen LogP contribution in [0.15, 0.2) is 36.7 Å². The average Bonchev–Trinajstić information content (AvgIpc) is 3.19. The number of hydrogen-bond acceptors (Lipinski definition) is 3. The third-order valence-electron chi connectivity index (χ3n) is 4.20. The van der Waals surface area contributed by atoms with Crippen LogP contribution in [-0.4, -0.2) is 34.8 Å². The van der Waals surface area contributed by atoms with Gasteiger partial charge in [-0.1, -0.05) is 12.1 Å². The summed E-state index contributed by atoms with van der Waals surface area (Å²) in [5.41, 5.74) is 1.95. The standard InChI is InChI=1S/C17H22N4O2/c1-12(21-9-8-18-13(21)2)14-3-5-15(6-4-14)19-17(22)20-16-7-10-23-11-16/h3-6,8-9,12,16H,7,10-11H2,1-2H3,(H2,19,20,22)/t12-,16+/m1/s1. The Morgan fingerprint density at radius 2 is 2.17 bits per heavy atom. The van der Waals surface area contributed by atoms with Crippen LogP contribution < -0.4 is 10.6 Å². The predicted molar refractivity (Wildman–Crippen MR) is 88.6 cm³/mol. The molecule has 23 heavy (non-hydrogen) atoms. The summed E-state index contributed by atoms with van der Waals surface area (Å²) in [6, 6.07) is 8.02. The zero-order valence-electron chi connectivity index (χ0n) is 13.5. The van der Waals surface area contributed by atoms with Gasteiger partial charge in [-0.3, -0.25) is 0 Å². The summed E-state index contributed by atoms with van der Waals surface area (Å²) in [7, 11) is 0. The molecular formula is C17H22N4O2. The van der Waals surface area contributed by atoms with Crippen molar-refractivity contribution in [3.63, 3.8) is 0 Å². The van der Waals surface area contributed by atoms with Crippen molar-refractivity contribution in [3.8, 4) is 0 Å². The van der Waals surface area contributed by atoms with Gasteiger partial charge in [0.25, 0.3) is 0 Å². The number of rotatable bonds is 4. The molecule has 122 valence electrons. The van der Waals surface area contributed by atoms with E-state index in [1.807, 2.05) is 37.4 Å². The molecule has 0 saturated carbocycles. The maximum absolute atomic E-state index is 11.9. The number of nitrogens with one attached hydrogen (secondary N) is 2. The second-order valence-electron chi connectivity index (χ2n) is 5.84. The SMILES string of the molecule is Cc1nccn1[C@H](C)c1ccc(NC(=O)N[C@H]2CCOC2)cc1. The van der Waals surface area contributed by atoms with E-state index in [1.165, 1.54) is 5.56 Å². The molecule has 0 bridgehead atoms. The first-order valence-electron chi connectivity index (χ1n) is 7.88. The van der Waals surface area contributed by atoms with Crippen LogP contribution in [0.25, 0.3) is 0 Å². The summed E-state index contributed by atoms with van der Waals surface area (Å²) in [6.07, 6.45) is 4.65. The summed E-state index contributed by atoms with van der Waals surface area (Å²) in [4.78, 5) is 16.2. The van der Waals surface area contributed by atoms with Crippen molar-refractivity contribution in [1.82, 2.24) is 14.9 Å². The largest absolute Gasteiger partial charge is 0.379 e. The van der Waals surface area contributed by atoms with E-state index in [4.69, 9.17) is 4.74 Å². The minimum absolute atomic E-state index is 0.110. The Kier molecular flexibility index (Phi) is 4.62. The molecule has 6 nitrogen and oxygen atoms in total. The predicted octanol–water partition coefficient (Wildman–Crippen LogP) is 2.71. The van der Waals surface area contributed by atoms with Gasteiger partial charge in [-0.05, 0) is 38.0 Å². The molecule has 6 heteroatoms. The fourth-order valence-corrected chi connectivity index (χ4v) is 2.80. The lowest BCUT2D eigenvalue weighted by Gasteiger charge is -2.16. The Bertz CT molecular complexity index is 659. The van der Waals surface area contributed by atoms with E-state index in [2.05, 4.69) is 27.1 Å². The topological polar surface area (TPSA) is 68.2 Å². The molecule has 1 aromatic carbocycles. The number of urea groups is 1. The van der Waals surface area contributed by atoms with Gasteiger partial charge in [-0.15, -0.1) is 0 Å². The van der Waals surface area contributed by atoms with Crippen molar-refractivity contribution in [3.05, 3.63) is 48.0 Å². The molecule has 0 unspecified atom stereocenters. The molecule has 1 aliphatic heterocycles. The third-order valence-corrected chi connectivity index (χ3v) is 4.20. The Balaban J connectivity index is 1.60. The third kappa shape index (κ3) is 3.71. The molecule has 1 saturated heterocycles. The van der Waals surface area contributed by atoms with Crippen LogP contribution in [0.1, 0.15) is 30.8 Å². The van der Waals surface area contributed by atoms with Gasteiger partial charge in [0, 0.05) is 24.7 Å². The average molecular weight is 314 g/mol. The summed E-state index contributed by atoms with van der Waals surface area (Å²) < 4.78 is 7.37. The molecule has 2 N–H and O–H groups in total. The Hall–Kier alpha value is -2.34. The van der Waals surface area contributed by atoms with Crippen molar-refractivity contribution in [2.45, 2.75) is 32.4 Å². The van der Waals surface area contributed by atoms with Crippen molar-refractivity contribution < 1.29 is 9.53 Å². The Morgan fingerprint density at radius 1 is 1.39 bits per heavy atom. The molecule has 0 spiro atoms. The number of carbonyl (C=O) groups excluding carboxylic acids is 1. The van der Waals surface area contributed by atoms with Crippen molar-refractivity contribution in [2.75, 3.05) is 18.5 Å². The summed E-state index contributed by atoms with van der Waals surface area (Å²) >= 11 is 0. The van der Waals surface area contributed by atoms with Crippen LogP contribution in [-0.2, 0) is 4.74 Å². The van der Waals surface area contributed by atoms with E-state index in [-0.39, 0.29) is 18.1 Å². The van der Waals surface area contributed by atoms with Crippen LogP contribution in [0.2, 0.25) is 0 Å². The number of amides is 2. The zero-order chi connectivity index (χ0) is 16.2. The number of hydrogen-bond donors (Lipinski definition) is 2. The van der Waals surface area contributed by atoms with Gasteiger partial charge < -0.3 is 19.9 Å². The molecular weight excluding hydrogens is 292 g/mol. The van der Waals surface area contributed by atoms with Gasteiger partial charge in [0.2, 0.25) is 0 Å². The van der Waals surface area contributed by atoms with Crippen LogP contribution in [0.3, 0.4) is 0 Å². The quantitative estimate of drug-likeness (QED) is 0.912. The number of anilines is 1. The van der Waals surface area contributed by atoms with Gasteiger partial charge in [-0.25, -0.2) is 9.78 Å². The first-order valence-corrected chi connectivity index (χ1v) is 7.88. The van der Waals surface area contributed by atoms with E-state index < -0.39 is 0 Å². The normalized spacial score (nSPS) is 18.6. The highest BCUT2D eigenvalue weighted by molar-refractivity contribution is 5.89. The summed E-state index contributed by atoms with van der Waals surface area (Å²) in [6.45, 7) is 5.42. The van der Waals surface area contributed by atoms with Crippen molar-refractivity contribution in [1.29, 1.82) is 0 Å². The highest BCUT2D eigenvalue weighted by Crippen LogP contribution is 2.21. The van der Waals surface area contributed by atoms with Gasteiger partial charge in [-0.2, -0.15) is 0 Å². The second kappa shape index (κ2) is 6.83. The van der Waals surface area contributed by atoms with Gasteiger partial charge in [0.05, 0.1) is 18.7 Å². The maximum Gasteiger partial charge on any atom is 0.319 e. The van der Waals surface area contributed by atoms with E-state index in [0.717, 1.165) is 17.9 Å². The number of benzene rings is 1. The number of nitrogens with zero attached hydrogens (tertiary/aromatic N) is 2. The fraction of sp³-hybridized carbons (Fsp3) is 0.412. The molecule has 0 aliphatic carbocycles. The minimum atomic E-state index is -0.188. The van der Waals surface area contributed by atoms with Gasteiger partial charge in [0.1, 0.15) is 5.82 Å². The lowest BCUT2D eigenvalue weighted by Crippen LogP contribution is -2.38. The molecule has 3 rings (SSSR count). The first kappa shape index (κ1) is 15.6. The second-order valence-corrected chi connectivity index (χ2v) is 5.84. The molecule has 1 fully saturated rings. The highest BCUT2D eigenvalue weighted by atomic mass is 16.5. The van der Waals surface area contributed by atoms with Gasteiger partial charge in [0.15, 0.2) is 0 Å². The minimum Gasteiger partial charge on any atom is -0.379 e. The zero-order valence-corrected chi connectivity index (χ0v) is 13.5. The molecule has 2 heterocycles. The number of ether oxygens (including phenoxy) is 1. The summed E-state index contributed by atoms with van der Waals surface area (Å²) in [5.74, 6) is 0.984. The van der Waals surface area contributed by atoms with Crippen LogP contribution in [0, 0.1) is 6.92 Å². The van der Waals surface area contributed by atoms with E-state index in [9.17, 15) is 4.79 Å². The molecule has 1 aromatic heterocycles. The van der Waals surface area contributed by atoms with Gasteiger partial charge >= 0.3 is 6.03 Å². The lowest BCUT2D eigenvalue weighted by molar-refractivity contribution is 0.189. The molecule has 2 atom stereocenters. The number of aromatic nitrogens is 2. The fourth-order valence-electron chi connectivity index (χ4n) is 2.80. The lowest BCUT2D eigenvalue weighted by atomic mass is 10.1. The first-order chi connectivity index (χ1) is 11.1. The summed E-state index contributed by atoms with van der Waals surface area (Å²) in [5, 5.41) is 5.76. The van der Waals surface area contributed by atoms with E-state index in [0.29, 0.717) is 13.2 Å². The van der Waals surface area contributed by atoms with E-state index >= 15 is 0 Å². The van der Waals surface area contributed by atoms with Crippen molar-refractivity contribution >= 4 is 11.7 Å². The van der Waals surface area contributed by atoms with Crippen molar-refractivity contribution in [2.24, 2.45) is 0 Å². The van der Waals surface area contributed by atoms with Crippen LogP contribution in [0.5, 0.6) is 0 Å². The van der Waals surface area contributed by atoms with Crippen LogP contribution in [0.4, 0.5) is 10.5 Å².